The van der Waals surface area contributed by atoms with Gasteiger partial charge in [0, 0.05) is 5.57 Å². The van der Waals surface area contributed by atoms with Crippen LogP contribution >= 0.6 is 0 Å². The molecule has 6 aromatic rings. The van der Waals surface area contributed by atoms with Crippen LogP contribution in [0.1, 0.15) is 49.1 Å². The second-order valence-corrected chi connectivity index (χ2v) is 22.8. The molecule has 0 saturated heterocycles. The first-order valence-corrected chi connectivity index (χ1v) is 28.5. The van der Waals surface area contributed by atoms with Crippen molar-refractivity contribution in [3.8, 4) is 5.75 Å². The van der Waals surface area contributed by atoms with Crippen molar-refractivity contribution in [2.45, 2.75) is 60.8 Å². The molecule has 0 N–H and O–H groups in total. The number of fused-ring (bicyclic) bond motifs is 3. The van der Waals surface area contributed by atoms with Gasteiger partial charge in [0.05, 0.1) is 58.7 Å². The topological polar surface area (TPSA) is 277 Å². The van der Waals surface area contributed by atoms with E-state index in [1.165, 1.54) is 73.7 Å². The van der Waals surface area contributed by atoms with Gasteiger partial charge in [0.25, 0.3) is 0 Å². The van der Waals surface area contributed by atoms with Gasteiger partial charge in [-0.1, -0.05) is 111 Å². The maximum absolute atomic E-state index is 13.5. The van der Waals surface area contributed by atoms with Crippen LogP contribution in [0.25, 0.3) is 44.5 Å². The van der Waals surface area contributed by atoms with Crippen LogP contribution in [0.2, 0.25) is 0 Å². The molecule has 0 aliphatic carbocycles. The summed E-state index contributed by atoms with van der Waals surface area (Å²) in [6, 6.07) is 23.2. The first-order valence-electron chi connectivity index (χ1n) is 23.7. The molecule has 0 heterocycles. The minimum absolute atomic E-state index is 0.126. The molecule has 6 rings (SSSR count). The Morgan fingerprint density at radius 3 is 1.22 bits per heavy atom. The first kappa shape index (κ1) is 75.1. The molecule has 0 aromatic heterocycles. The van der Waals surface area contributed by atoms with Gasteiger partial charge < -0.3 is 32.6 Å². The van der Waals surface area contributed by atoms with Gasteiger partial charge in [-0.3, -0.25) is 0 Å². The normalized spacial score (nSPS) is 13.2. The highest BCUT2D eigenvalue weighted by Gasteiger charge is 2.77. The quantitative estimate of drug-likeness (QED) is 0.0217. The number of hydrogen-bond donors (Lipinski definition) is 0. The van der Waals surface area contributed by atoms with Crippen LogP contribution in [-0.2, 0) is 49.4 Å². The summed E-state index contributed by atoms with van der Waals surface area (Å²) in [7, 11) is -18.4. The summed E-state index contributed by atoms with van der Waals surface area (Å²) in [4.78, 5) is 48.9. The number of rotatable bonds is 16. The smallest absolute Gasteiger partial charge is 0.438 e. The third-order valence-electron chi connectivity index (χ3n) is 12.1. The average Bonchev–Trinajstić information content (AvgIpc) is 0.757. The fourth-order valence-electron chi connectivity index (χ4n) is 7.74. The standard InChI is InChI=1S/C19H14F6O7S.2C17H12F6O5S/c1-10(2)15(26)31-13-8-7-11-5-3-4-6-12(11)14(13)16(27)32-17(18(20,21)22,19(23,24)25)9-33(28,29)30;1-2-10-3-4-12-8-13(6-5-11(12)7-10)14(24)28-15(16(18,19)20,17(21,22)23)9-29(25,26)27;1-2-11-12-6-4-3-5-10(12)7-8-13(11)14(24)28-15(16(18,19)20,17(21,22)23)9-29(25,26)27/h3-8H,1,9H2,2H3,(H,28,29,30);2*2-8H,1,9H2,(H,25,26,27)/p-3. The highest BCUT2D eigenvalue weighted by atomic mass is 32.2. The summed E-state index contributed by atoms with van der Waals surface area (Å²) in [5.41, 5.74) is -18.9. The molecule has 0 amide bonds. The van der Waals surface area contributed by atoms with Gasteiger partial charge in [-0.15, -0.1) is 0 Å². The number of ether oxygens (including phenoxy) is 4. The maximum Gasteiger partial charge on any atom is 0.438 e. The van der Waals surface area contributed by atoms with Gasteiger partial charge >= 0.3 is 77.7 Å². The van der Waals surface area contributed by atoms with Crippen molar-refractivity contribution in [3.05, 3.63) is 162 Å². The number of carbonyl (C=O) groups is 4. The number of esters is 4. The molecule has 0 spiro atoms. The van der Waals surface area contributed by atoms with Crippen molar-refractivity contribution < 1.29 is 156 Å². The number of carbonyl (C=O) groups excluding carboxylic acids is 4. The Kier molecular flexibility index (Phi) is 21.9. The molecule has 0 aliphatic heterocycles. The van der Waals surface area contributed by atoms with Crippen LogP contribution in [0.5, 0.6) is 5.75 Å². The summed E-state index contributed by atoms with van der Waals surface area (Å²) < 4.78 is 353. The molecule has 91 heavy (non-hydrogen) atoms. The first-order chi connectivity index (χ1) is 41.1. The molecule has 0 radical (unpaired) electrons. The molecule has 496 valence electrons. The Hall–Kier alpha value is -8.33. The zero-order valence-electron chi connectivity index (χ0n) is 44.8. The van der Waals surface area contributed by atoms with E-state index in [0.29, 0.717) is 16.3 Å². The molecule has 6 aromatic carbocycles. The Morgan fingerprint density at radius 2 is 0.813 bits per heavy atom. The van der Waals surface area contributed by atoms with Crippen molar-refractivity contribution in [3.63, 3.8) is 0 Å². The zero-order chi connectivity index (χ0) is 69.9. The largest absolute Gasteiger partial charge is 0.748 e. The fourth-order valence-corrected chi connectivity index (χ4v) is 10.4. The van der Waals surface area contributed by atoms with E-state index < -0.39 is 148 Å². The minimum atomic E-state index is -6.56. The Bertz CT molecular complexity index is 4130. The molecular formula is C53H35F18O17S3-3. The van der Waals surface area contributed by atoms with E-state index in [-0.39, 0.29) is 32.7 Å². The molecule has 0 fully saturated rings. The van der Waals surface area contributed by atoms with Crippen molar-refractivity contribution in [2.24, 2.45) is 0 Å². The molecule has 38 heteroatoms. The van der Waals surface area contributed by atoms with E-state index in [1.54, 1.807) is 18.2 Å². The molecular weight excluding hydrogens is 1350 g/mol. The summed E-state index contributed by atoms with van der Waals surface area (Å²) in [6.07, 6.45) is -36.3. The van der Waals surface area contributed by atoms with Gasteiger partial charge in [0.2, 0.25) is 0 Å². The van der Waals surface area contributed by atoms with E-state index in [0.717, 1.165) is 36.4 Å². The summed E-state index contributed by atoms with van der Waals surface area (Å²) in [6.45, 7) is 11.4. The van der Waals surface area contributed by atoms with Gasteiger partial charge in [-0.05, 0) is 80.7 Å². The van der Waals surface area contributed by atoms with E-state index in [4.69, 9.17) is 4.74 Å². The Labute approximate surface area is 499 Å². The molecule has 17 nitrogen and oxygen atoms in total. The number of alkyl halides is 18. The third-order valence-corrected chi connectivity index (χ3v) is 14.3. The van der Waals surface area contributed by atoms with Crippen LogP contribution in [-0.4, -0.2) is 134 Å². The summed E-state index contributed by atoms with van der Waals surface area (Å²) in [5, 5.41) is 1.40. The monoisotopic (exact) mass is 1380 g/mol. The summed E-state index contributed by atoms with van der Waals surface area (Å²) in [5.74, 6) is -17.8. The van der Waals surface area contributed by atoms with Gasteiger partial charge in [-0.25, -0.2) is 44.4 Å². The predicted octanol–water partition coefficient (Wildman–Crippen LogP) is 12.0. The average molecular weight is 1380 g/mol. The minimum Gasteiger partial charge on any atom is -0.748 e. The SMILES string of the molecule is C=C(C)C(=O)Oc1ccc2ccccc2c1C(=O)OC(CS(=O)(=O)[O-])(C(F)(F)F)C(F)(F)F.C=Cc1c(C(=O)OC(CS(=O)(=O)[O-])(C(F)(F)F)C(F)(F)F)ccc2ccccc12.C=Cc1ccc2cc(C(=O)OC(CS(=O)(=O)[O-])(C(F)(F)F)C(F)(F)F)ccc2c1. The van der Waals surface area contributed by atoms with Crippen molar-refractivity contribution in [1.82, 2.24) is 0 Å². The van der Waals surface area contributed by atoms with Gasteiger partial charge in [0.15, 0.2) is 0 Å². The maximum atomic E-state index is 13.5. The summed E-state index contributed by atoms with van der Waals surface area (Å²) >= 11 is 0. The number of hydrogen-bond acceptors (Lipinski definition) is 17. The molecule has 0 atom stereocenters. The molecule has 0 aliphatic rings. The lowest BCUT2D eigenvalue weighted by atomic mass is 9.98. The zero-order valence-corrected chi connectivity index (χ0v) is 47.2. The van der Waals surface area contributed by atoms with Crippen LogP contribution in [0.4, 0.5) is 79.0 Å². The fraction of sp³-hybridized carbons (Fsp3) is 0.245. The van der Waals surface area contributed by atoms with Crippen molar-refractivity contribution in [2.75, 3.05) is 17.3 Å². The van der Waals surface area contributed by atoms with E-state index in [2.05, 4.69) is 33.9 Å². The Balaban J connectivity index is 0.000000292. The third kappa shape index (κ3) is 17.4. The lowest BCUT2D eigenvalue weighted by Gasteiger charge is -2.37. The van der Waals surface area contributed by atoms with E-state index >= 15 is 0 Å². The van der Waals surface area contributed by atoms with Crippen LogP contribution in [0.15, 0.2) is 135 Å². The van der Waals surface area contributed by atoms with Gasteiger partial charge in [0.1, 0.15) is 11.3 Å². The second-order valence-electron chi connectivity index (χ2n) is 18.5. The highest BCUT2D eigenvalue weighted by Crippen LogP contribution is 2.50. The number of halogens is 18. The molecule has 0 saturated carbocycles. The van der Waals surface area contributed by atoms with E-state index in [1.807, 2.05) is 0 Å². The molecule has 0 unspecified atom stereocenters. The van der Waals surface area contributed by atoms with Crippen LogP contribution in [0, 0.1) is 0 Å². The lowest BCUT2D eigenvalue weighted by molar-refractivity contribution is -0.356. The van der Waals surface area contributed by atoms with Crippen LogP contribution in [0.3, 0.4) is 0 Å². The Morgan fingerprint density at radius 1 is 0.451 bits per heavy atom. The van der Waals surface area contributed by atoms with Crippen molar-refractivity contribution >= 4 is 98.7 Å². The van der Waals surface area contributed by atoms with Gasteiger partial charge in [-0.2, -0.15) is 79.0 Å². The van der Waals surface area contributed by atoms with Crippen LogP contribution < -0.4 is 4.74 Å². The van der Waals surface area contributed by atoms with E-state index in [9.17, 15) is 137 Å². The number of benzene rings is 6. The highest BCUT2D eigenvalue weighted by molar-refractivity contribution is 7.86. The lowest BCUT2D eigenvalue weighted by Crippen LogP contribution is -2.63. The second kappa shape index (κ2) is 26.5. The predicted molar refractivity (Wildman–Crippen MR) is 277 cm³/mol. The van der Waals surface area contributed by atoms with Crippen molar-refractivity contribution in [1.29, 1.82) is 0 Å². The molecule has 0 bridgehead atoms.